The molecule has 1 aromatic carbocycles. The number of benzene rings is 1. The molecule has 1 aliphatic heterocycles. The van der Waals surface area contributed by atoms with Crippen LogP contribution in [0.2, 0.25) is 0 Å². The minimum Gasteiger partial charge on any atom is -0.395 e. The molecule has 0 radical (unpaired) electrons. The maximum Gasteiger partial charge on any atom is 0.118 e. The van der Waals surface area contributed by atoms with E-state index in [1.807, 2.05) is 23.0 Å². The summed E-state index contributed by atoms with van der Waals surface area (Å²) in [7, 11) is 0. The number of nitrogens with zero attached hydrogens (tertiary/aromatic N) is 4. The summed E-state index contributed by atoms with van der Waals surface area (Å²) in [4.78, 5) is 8.94. The second kappa shape index (κ2) is 5.55. The summed E-state index contributed by atoms with van der Waals surface area (Å²) in [5.41, 5.74) is 3.01. The Morgan fingerprint density at radius 2 is 2.27 bits per heavy atom. The number of hydrogen-bond donors (Lipinski definition) is 1. The predicted molar refractivity (Wildman–Crippen MR) is 82.1 cm³/mol. The first kappa shape index (κ1) is 13.5. The number of rotatable bonds is 4. The Morgan fingerprint density at radius 3 is 3.09 bits per heavy atom. The average molecular weight is 298 g/mol. The van der Waals surface area contributed by atoms with Crippen molar-refractivity contribution in [3.63, 3.8) is 0 Å². The van der Waals surface area contributed by atoms with Crippen LogP contribution in [0.15, 0.2) is 36.9 Å². The van der Waals surface area contributed by atoms with Crippen molar-refractivity contribution in [3.8, 4) is 5.69 Å². The Labute approximate surface area is 128 Å². The minimum absolute atomic E-state index is 0.112. The number of ether oxygens (including phenoxy) is 1. The lowest BCUT2D eigenvalue weighted by Gasteiger charge is -2.12. The molecule has 0 unspecified atom stereocenters. The van der Waals surface area contributed by atoms with E-state index in [2.05, 4.69) is 26.7 Å². The van der Waals surface area contributed by atoms with Crippen molar-refractivity contribution in [2.75, 3.05) is 19.8 Å². The third-order valence-corrected chi connectivity index (χ3v) is 4.19. The highest BCUT2D eigenvalue weighted by atomic mass is 16.5. The van der Waals surface area contributed by atoms with Gasteiger partial charge >= 0.3 is 0 Å². The normalized spacial score (nSPS) is 18.3. The largest absolute Gasteiger partial charge is 0.395 e. The van der Waals surface area contributed by atoms with Gasteiger partial charge in [-0.3, -0.25) is 0 Å². The lowest BCUT2D eigenvalue weighted by atomic mass is 10.1. The monoisotopic (exact) mass is 298 g/mol. The molecule has 0 saturated carbocycles. The van der Waals surface area contributed by atoms with Gasteiger partial charge in [0.1, 0.15) is 5.82 Å². The molecule has 6 heteroatoms. The van der Waals surface area contributed by atoms with E-state index in [9.17, 15) is 0 Å². The molecule has 6 nitrogen and oxygen atoms in total. The van der Waals surface area contributed by atoms with Crippen LogP contribution >= 0.6 is 0 Å². The van der Waals surface area contributed by atoms with E-state index in [0.29, 0.717) is 12.5 Å². The Hall–Kier alpha value is -2.18. The van der Waals surface area contributed by atoms with Gasteiger partial charge in [0.25, 0.3) is 0 Å². The number of imidazole rings is 2. The number of fused-ring (bicyclic) bond motifs is 1. The van der Waals surface area contributed by atoms with Gasteiger partial charge in [0.15, 0.2) is 0 Å². The topological polar surface area (TPSA) is 65.1 Å². The molecule has 114 valence electrons. The molecular formula is C16H18N4O2. The molecule has 1 saturated heterocycles. The van der Waals surface area contributed by atoms with Gasteiger partial charge in [0.2, 0.25) is 0 Å². The summed E-state index contributed by atoms with van der Waals surface area (Å²) in [6.07, 6.45) is 6.61. The van der Waals surface area contributed by atoms with Crippen LogP contribution in [-0.4, -0.2) is 44.0 Å². The fourth-order valence-electron chi connectivity index (χ4n) is 3.06. The summed E-state index contributed by atoms with van der Waals surface area (Å²) in [6.45, 7) is 2.22. The molecule has 1 aliphatic rings. The molecule has 0 aliphatic carbocycles. The SMILES string of the molecule is OCCn1cnc2cc(-n3ccnc3[C@@H]3CCOC3)ccc21. The standard InChI is InChI=1S/C16H18N4O2/c21-7-6-19-11-18-14-9-13(1-2-15(14)19)20-5-4-17-16(20)12-3-8-22-10-12/h1-2,4-5,9,11-12,21H,3,6-8,10H2/t12-/m1/s1. The van der Waals surface area contributed by atoms with Crippen molar-refractivity contribution >= 4 is 11.0 Å². The predicted octanol–water partition coefficient (Wildman–Crippen LogP) is 1.72. The summed E-state index contributed by atoms with van der Waals surface area (Å²) in [5.74, 6) is 1.41. The third kappa shape index (κ3) is 2.20. The van der Waals surface area contributed by atoms with Crippen LogP contribution in [0.25, 0.3) is 16.7 Å². The fraction of sp³-hybridized carbons (Fsp3) is 0.375. The molecule has 0 bridgehead atoms. The molecule has 3 aromatic rings. The molecule has 0 amide bonds. The molecule has 22 heavy (non-hydrogen) atoms. The van der Waals surface area contributed by atoms with Gasteiger partial charge in [-0.15, -0.1) is 0 Å². The summed E-state index contributed by atoms with van der Waals surface area (Å²) in [6, 6.07) is 6.17. The van der Waals surface area contributed by atoms with E-state index in [4.69, 9.17) is 9.84 Å². The van der Waals surface area contributed by atoms with Crippen LogP contribution < -0.4 is 0 Å². The zero-order valence-electron chi connectivity index (χ0n) is 12.2. The average Bonchev–Trinajstić information content (AvgIpc) is 3.27. The molecular weight excluding hydrogens is 280 g/mol. The maximum atomic E-state index is 9.09. The molecule has 2 aromatic heterocycles. The van der Waals surface area contributed by atoms with Gasteiger partial charge < -0.3 is 19.0 Å². The van der Waals surface area contributed by atoms with Gasteiger partial charge in [0.05, 0.1) is 30.6 Å². The van der Waals surface area contributed by atoms with Crippen molar-refractivity contribution in [3.05, 3.63) is 42.7 Å². The quantitative estimate of drug-likeness (QED) is 0.796. The first-order valence-corrected chi connectivity index (χ1v) is 7.54. The van der Waals surface area contributed by atoms with Crippen molar-refractivity contribution < 1.29 is 9.84 Å². The Kier molecular flexibility index (Phi) is 3.40. The number of aromatic nitrogens is 4. The van der Waals surface area contributed by atoms with Gasteiger partial charge in [-0.2, -0.15) is 0 Å². The van der Waals surface area contributed by atoms with E-state index in [1.54, 1.807) is 6.33 Å². The van der Waals surface area contributed by atoms with Crippen molar-refractivity contribution in [2.45, 2.75) is 18.9 Å². The summed E-state index contributed by atoms with van der Waals surface area (Å²) in [5, 5.41) is 9.09. The van der Waals surface area contributed by atoms with Crippen LogP contribution in [0.1, 0.15) is 18.2 Å². The smallest absolute Gasteiger partial charge is 0.118 e. The molecule has 3 heterocycles. The third-order valence-electron chi connectivity index (χ3n) is 4.19. The Morgan fingerprint density at radius 1 is 1.32 bits per heavy atom. The van der Waals surface area contributed by atoms with E-state index < -0.39 is 0 Å². The fourth-order valence-corrected chi connectivity index (χ4v) is 3.06. The number of hydrogen-bond acceptors (Lipinski definition) is 4. The van der Waals surface area contributed by atoms with Gasteiger partial charge in [0, 0.05) is 37.2 Å². The highest BCUT2D eigenvalue weighted by molar-refractivity contribution is 5.77. The second-order valence-electron chi connectivity index (χ2n) is 5.55. The van der Waals surface area contributed by atoms with Gasteiger partial charge in [-0.1, -0.05) is 0 Å². The molecule has 1 fully saturated rings. The lowest BCUT2D eigenvalue weighted by Crippen LogP contribution is -2.07. The first-order chi connectivity index (χ1) is 10.9. The van der Waals surface area contributed by atoms with E-state index in [0.717, 1.165) is 42.2 Å². The molecule has 0 spiro atoms. The van der Waals surface area contributed by atoms with Crippen LogP contribution in [-0.2, 0) is 11.3 Å². The number of aliphatic hydroxyl groups excluding tert-OH is 1. The lowest BCUT2D eigenvalue weighted by molar-refractivity contribution is 0.193. The van der Waals surface area contributed by atoms with Crippen molar-refractivity contribution in [1.29, 1.82) is 0 Å². The Balaban J connectivity index is 1.74. The zero-order chi connectivity index (χ0) is 14.9. The molecule has 1 atom stereocenters. The zero-order valence-corrected chi connectivity index (χ0v) is 12.2. The molecule has 4 rings (SSSR count). The van der Waals surface area contributed by atoms with Crippen molar-refractivity contribution in [1.82, 2.24) is 19.1 Å². The summed E-state index contributed by atoms with van der Waals surface area (Å²) < 4.78 is 9.55. The van der Waals surface area contributed by atoms with Gasteiger partial charge in [-0.25, -0.2) is 9.97 Å². The van der Waals surface area contributed by atoms with Gasteiger partial charge in [-0.05, 0) is 24.6 Å². The van der Waals surface area contributed by atoms with Crippen LogP contribution in [0.3, 0.4) is 0 Å². The van der Waals surface area contributed by atoms with E-state index in [1.165, 1.54) is 0 Å². The highest BCUT2D eigenvalue weighted by Crippen LogP contribution is 2.27. The maximum absolute atomic E-state index is 9.09. The van der Waals surface area contributed by atoms with Crippen LogP contribution in [0, 0.1) is 0 Å². The highest BCUT2D eigenvalue weighted by Gasteiger charge is 2.22. The second-order valence-corrected chi connectivity index (χ2v) is 5.55. The number of aliphatic hydroxyl groups is 1. The molecule has 1 N–H and O–H groups in total. The van der Waals surface area contributed by atoms with E-state index >= 15 is 0 Å². The van der Waals surface area contributed by atoms with E-state index in [-0.39, 0.29) is 6.61 Å². The van der Waals surface area contributed by atoms with Crippen molar-refractivity contribution in [2.24, 2.45) is 0 Å². The Bertz CT molecular complexity index is 786. The van der Waals surface area contributed by atoms with Crippen LogP contribution in [0.4, 0.5) is 0 Å². The minimum atomic E-state index is 0.112. The summed E-state index contributed by atoms with van der Waals surface area (Å²) >= 11 is 0. The van der Waals surface area contributed by atoms with Crippen LogP contribution in [0.5, 0.6) is 0 Å². The first-order valence-electron chi connectivity index (χ1n) is 7.54.